The summed E-state index contributed by atoms with van der Waals surface area (Å²) >= 11 is 0. The number of hydrogen-bond donors (Lipinski definition) is 1. The second kappa shape index (κ2) is 7.50. The van der Waals surface area contributed by atoms with Crippen molar-refractivity contribution in [2.75, 3.05) is 18.6 Å². The van der Waals surface area contributed by atoms with E-state index in [0.29, 0.717) is 22.2 Å². The van der Waals surface area contributed by atoms with Gasteiger partial charge in [0.25, 0.3) is 5.69 Å². The molecule has 1 atom stereocenters. The van der Waals surface area contributed by atoms with Gasteiger partial charge in [0.2, 0.25) is 11.8 Å². The molecule has 2 N–H and O–H groups in total. The first-order valence-corrected chi connectivity index (χ1v) is 11.5. The van der Waals surface area contributed by atoms with Crippen LogP contribution in [0.5, 0.6) is 0 Å². The van der Waals surface area contributed by atoms with Crippen LogP contribution in [0.3, 0.4) is 0 Å². The number of benzene rings is 3. The minimum Gasteiger partial charge on any atom is -0.462 e. The predicted molar refractivity (Wildman–Crippen MR) is 132 cm³/mol. The Morgan fingerprint density at radius 1 is 1.14 bits per heavy atom. The van der Waals surface area contributed by atoms with Crippen LogP contribution >= 0.6 is 0 Å². The van der Waals surface area contributed by atoms with E-state index in [0.717, 1.165) is 5.39 Å². The fraction of sp³-hybridized carbons (Fsp3) is 0.148. The van der Waals surface area contributed by atoms with Crippen molar-refractivity contribution in [1.82, 2.24) is 0 Å². The van der Waals surface area contributed by atoms with Crippen molar-refractivity contribution in [3.05, 3.63) is 98.4 Å². The third kappa shape index (κ3) is 2.66. The molecular formula is C27H19N3O7. The zero-order valence-corrected chi connectivity index (χ0v) is 19.7. The molecule has 1 spiro atoms. The Morgan fingerprint density at radius 3 is 2.51 bits per heavy atom. The molecule has 3 aromatic rings. The van der Waals surface area contributed by atoms with E-state index in [1.165, 1.54) is 30.1 Å². The molecule has 2 aliphatic heterocycles. The zero-order chi connectivity index (χ0) is 26.2. The average Bonchev–Trinajstić information content (AvgIpc) is 3.09. The van der Waals surface area contributed by atoms with Crippen molar-refractivity contribution in [3.63, 3.8) is 0 Å². The first-order chi connectivity index (χ1) is 17.7. The number of anilines is 1. The highest BCUT2D eigenvalue weighted by Crippen LogP contribution is 2.58. The fourth-order valence-electron chi connectivity index (χ4n) is 5.66. The Bertz CT molecular complexity index is 1680. The topological polar surface area (TPSA) is 142 Å². The lowest BCUT2D eigenvalue weighted by atomic mass is 9.63. The Hall–Kier alpha value is -4.99. The molecule has 2 heterocycles. The van der Waals surface area contributed by atoms with Crippen LogP contribution in [-0.4, -0.2) is 36.2 Å². The summed E-state index contributed by atoms with van der Waals surface area (Å²) in [6.45, 7) is 1.54. The molecule has 10 heteroatoms. The maximum Gasteiger partial charge on any atom is 0.341 e. The number of carbonyl (C=O) groups is 3. The van der Waals surface area contributed by atoms with Gasteiger partial charge in [-0.25, -0.2) is 4.79 Å². The standard InChI is InChI=1S/C27H19N3O7/c1-3-36-25(32)21-24(28)37-23-16-9-5-7-13-6-4-8-15(19(13)16)22(31)20(23)27(21)17-12-14(30(34)35)10-11-18(17)29(2)26(27)33/h4-12H,3,28H2,1-2H3. The number of nitro groups is 1. The fourth-order valence-corrected chi connectivity index (χ4v) is 5.66. The van der Waals surface area contributed by atoms with E-state index >= 15 is 0 Å². The Morgan fingerprint density at radius 2 is 1.84 bits per heavy atom. The van der Waals surface area contributed by atoms with Gasteiger partial charge in [0.1, 0.15) is 16.7 Å². The second-order valence-corrected chi connectivity index (χ2v) is 8.88. The molecule has 0 fully saturated rings. The summed E-state index contributed by atoms with van der Waals surface area (Å²) in [5.74, 6) is -2.57. The average molecular weight is 497 g/mol. The second-order valence-electron chi connectivity index (χ2n) is 8.88. The number of rotatable bonds is 3. The molecule has 0 bridgehead atoms. The molecule has 3 aliphatic rings. The van der Waals surface area contributed by atoms with E-state index in [4.69, 9.17) is 15.2 Å². The van der Waals surface area contributed by atoms with E-state index in [9.17, 15) is 24.5 Å². The smallest absolute Gasteiger partial charge is 0.341 e. The van der Waals surface area contributed by atoms with Crippen molar-refractivity contribution < 1.29 is 28.8 Å². The maximum absolute atomic E-state index is 14.3. The van der Waals surface area contributed by atoms with Gasteiger partial charge >= 0.3 is 5.97 Å². The lowest BCUT2D eigenvalue weighted by Crippen LogP contribution is -2.50. The third-order valence-electron chi connectivity index (χ3n) is 7.12. The number of non-ortho nitro benzene ring substituents is 1. The van der Waals surface area contributed by atoms with E-state index < -0.39 is 33.9 Å². The van der Waals surface area contributed by atoms with Crippen LogP contribution < -0.4 is 10.6 Å². The molecule has 1 unspecified atom stereocenters. The number of Topliss-reactive ketones (excluding diaryl/α,β-unsaturated/α-hetero) is 1. The molecule has 3 aromatic carbocycles. The molecule has 1 amide bonds. The Labute approximate surface area is 209 Å². The van der Waals surface area contributed by atoms with Crippen LogP contribution in [0.25, 0.3) is 16.5 Å². The van der Waals surface area contributed by atoms with Crippen LogP contribution in [0, 0.1) is 10.1 Å². The van der Waals surface area contributed by atoms with Gasteiger partial charge in [0.15, 0.2) is 5.78 Å². The lowest BCUT2D eigenvalue weighted by Gasteiger charge is -2.39. The SMILES string of the molecule is CCOC(=O)C1=C(N)OC2=C(C(=O)c3cccc4cccc2c34)C12C(=O)N(C)c1ccc([N+](=O)[O-])cc12. The number of nitrogens with two attached hydrogens (primary N) is 1. The summed E-state index contributed by atoms with van der Waals surface area (Å²) in [4.78, 5) is 54.3. The number of fused-ring (bicyclic) bond motifs is 4. The van der Waals surface area contributed by atoms with Crippen molar-refractivity contribution in [2.45, 2.75) is 12.3 Å². The number of amides is 1. The minimum absolute atomic E-state index is 0.0287. The minimum atomic E-state index is -2.12. The number of likely N-dealkylation sites (N-methyl/N-ethyl adjacent to an activating group) is 1. The monoisotopic (exact) mass is 497 g/mol. The molecule has 1 aliphatic carbocycles. The Kier molecular flexibility index (Phi) is 4.56. The largest absolute Gasteiger partial charge is 0.462 e. The predicted octanol–water partition coefficient (Wildman–Crippen LogP) is 3.33. The van der Waals surface area contributed by atoms with Gasteiger partial charge in [-0.15, -0.1) is 0 Å². The highest BCUT2D eigenvalue weighted by molar-refractivity contribution is 6.32. The quantitative estimate of drug-likeness (QED) is 0.330. The Balaban J connectivity index is 1.79. The summed E-state index contributed by atoms with van der Waals surface area (Å²) in [6, 6.07) is 14.4. The van der Waals surface area contributed by atoms with Crippen molar-refractivity contribution in [3.8, 4) is 0 Å². The third-order valence-corrected chi connectivity index (χ3v) is 7.12. The maximum atomic E-state index is 14.3. The molecule has 37 heavy (non-hydrogen) atoms. The number of ketones is 1. The van der Waals surface area contributed by atoms with E-state index in [1.54, 1.807) is 31.2 Å². The molecule has 184 valence electrons. The van der Waals surface area contributed by atoms with Gasteiger partial charge in [0, 0.05) is 46.9 Å². The van der Waals surface area contributed by atoms with Crippen LogP contribution in [-0.2, 0) is 24.5 Å². The van der Waals surface area contributed by atoms with Crippen molar-refractivity contribution >= 4 is 45.6 Å². The highest BCUT2D eigenvalue weighted by Gasteiger charge is 2.64. The highest BCUT2D eigenvalue weighted by atomic mass is 16.6. The summed E-state index contributed by atoms with van der Waals surface area (Å²) in [5.41, 5.74) is 4.58. The van der Waals surface area contributed by atoms with Crippen molar-refractivity contribution in [2.24, 2.45) is 5.73 Å². The van der Waals surface area contributed by atoms with Gasteiger partial charge < -0.3 is 20.1 Å². The number of hydrogen-bond acceptors (Lipinski definition) is 8. The van der Waals surface area contributed by atoms with Crippen LogP contribution in [0.1, 0.15) is 28.4 Å². The van der Waals surface area contributed by atoms with Crippen molar-refractivity contribution in [1.29, 1.82) is 0 Å². The number of ether oxygens (including phenoxy) is 2. The summed E-state index contributed by atoms with van der Waals surface area (Å²) in [6.07, 6.45) is 0. The first-order valence-electron chi connectivity index (χ1n) is 11.5. The van der Waals surface area contributed by atoms with Gasteiger partial charge in [-0.05, 0) is 18.4 Å². The van der Waals surface area contributed by atoms with Gasteiger partial charge in [-0.2, -0.15) is 0 Å². The van der Waals surface area contributed by atoms with Crippen LogP contribution in [0.2, 0.25) is 0 Å². The number of carbonyl (C=O) groups excluding carboxylic acids is 3. The van der Waals surface area contributed by atoms with E-state index in [1.807, 2.05) is 12.1 Å². The normalized spacial score (nSPS) is 19.8. The first kappa shape index (κ1) is 22.5. The van der Waals surface area contributed by atoms with E-state index in [2.05, 4.69) is 0 Å². The van der Waals surface area contributed by atoms with Crippen LogP contribution in [0.15, 0.2) is 71.6 Å². The molecule has 0 saturated carbocycles. The molecule has 0 aromatic heterocycles. The molecule has 0 radical (unpaired) electrons. The molecule has 10 nitrogen and oxygen atoms in total. The summed E-state index contributed by atoms with van der Waals surface area (Å²) in [5, 5.41) is 13.1. The summed E-state index contributed by atoms with van der Waals surface area (Å²) in [7, 11) is 1.47. The van der Waals surface area contributed by atoms with Crippen LogP contribution in [0.4, 0.5) is 11.4 Å². The lowest BCUT2D eigenvalue weighted by molar-refractivity contribution is -0.384. The molecule has 0 saturated heterocycles. The number of nitro benzene ring substituents is 1. The van der Waals surface area contributed by atoms with Gasteiger partial charge in [-0.1, -0.05) is 36.4 Å². The molecule has 6 rings (SSSR count). The zero-order valence-electron chi connectivity index (χ0n) is 19.7. The van der Waals surface area contributed by atoms with Gasteiger partial charge in [-0.3, -0.25) is 19.7 Å². The number of nitrogens with zero attached hydrogens (tertiary/aromatic N) is 2. The molecular weight excluding hydrogens is 478 g/mol. The summed E-state index contributed by atoms with van der Waals surface area (Å²) < 4.78 is 11.2. The number of esters is 1. The van der Waals surface area contributed by atoms with E-state index in [-0.39, 0.29) is 34.8 Å². The van der Waals surface area contributed by atoms with Gasteiger partial charge in [0.05, 0.1) is 17.1 Å².